The van der Waals surface area contributed by atoms with Gasteiger partial charge in [0, 0.05) is 20.1 Å². The molecule has 1 fully saturated rings. The molecule has 0 radical (unpaired) electrons. The van der Waals surface area contributed by atoms with Crippen molar-refractivity contribution in [3.05, 3.63) is 0 Å². The molecule has 0 aliphatic heterocycles. The van der Waals surface area contributed by atoms with E-state index >= 15 is 0 Å². The standard InChI is InChI=1S/C10H21N3O/c1-13(2)11-8-10(14)12-9-6-4-3-5-7-9/h9,11H,3-8H2,1-2H3,(H,12,14). The normalized spacial score (nSPS) is 18.5. The van der Waals surface area contributed by atoms with E-state index in [-0.39, 0.29) is 5.91 Å². The number of carbonyl (C=O) groups excluding carboxylic acids is 1. The van der Waals surface area contributed by atoms with Crippen molar-refractivity contribution in [1.29, 1.82) is 0 Å². The van der Waals surface area contributed by atoms with Gasteiger partial charge in [-0.2, -0.15) is 0 Å². The molecule has 1 amide bonds. The number of hydrogen-bond acceptors (Lipinski definition) is 3. The molecule has 0 aromatic heterocycles. The molecule has 1 saturated carbocycles. The number of amides is 1. The van der Waals surface area contributed by atoms with E-state index in [1.165, 1.54) is 19.3 Å². The van der Waals surface area contributed by atoms with Gasteiger partial charge in [-0.3, -0.25) is 9.80 Å². The van der Waals surface area contributed by atoms with Crippen molar-refractivity contribution in [1.82, 2.24) is 15.8 Å². The summed E-state index contributed by atoms with van der Waals surface area (Å²) in [6.45, 7) is 0.378. The van der Waals surface area contributed by atoms with Gasteiger partial charge in [0.15, 0.2) is 0 Å². The van der Waals surface area contributed by atoms with Gasteiger partial charge in [-0.05, 0) is 12.8 Å². The largest absolute Gasteiger partial charge is 0.352 e. The quantitative estimate of drug-likeness (QED) is 0.648. The van der Waals surface area contributed by atoms with Crippen LogP contribution in [0.5, 0.6) is 0 Å². The summed E-state index contributed by atoms with van der Waals surface area (Å²) in [5.41, 5.74) is 2.96. The van der Waals surface area contributed by atoms with E-state index in [1.54, 1.807) is 5.01 Å². The summed E-state index contributed by atoms with van der Waals surface area (Å²) in [6, 6.07) is 0.417. The molecule has 82 valence electrons. The van der Waals surface area contributed by atoms with Crippen LogP contribution in [0.15, 0.2) is 0 Å². The summed E-state index contributed by atoms with van der Waals surface area (Å²) in [7, 11) is 3.77. The highest BCUT2D eigenvalue weighted by Crippen LogP contribution is 2.16. The number of nitrogens with one attached hydrogen (secondary N) is 2. The lowest BCUT2D eigenvalue weighted by Crippen LogP contribution is -2.44. The Morgan fingerprint density at radius 3 is 2.50 bits per heavy atom. The molecule has 14 heavy (non-hydrogen) atoms. The highest BCUT2D eigenvalue weighted by molar-refractivity contribution is 5.78. The molecule has 4 nitrogen and oxygen atoms in total. The number of hydrogen-bond donors (Lipinski definition) is 2. The smallest absolute Gasteiger partial charge is 0.235 e. The molecule has 0 heterocycles. The van der Waals surface area contributed by atoms with Gasteiger partial charge in [0.25, 0.3) is 0 Å². The van der Waals surface area contributed by atoms with Crippen LogP contribution in [-0.4, -0.2) is 37.6 Å². The molecular formula is C10H21N3O. The van der Waals surface area contributed by atoms with Crippen LogP contribution in [0.25, 0.3) is 0 Å². The summed E-state index contributed by atoms with van der Waals surface area (Å²) in [5.74, 6) is 0.102. The predicted octanol–water partition coefficient (Wildman–Crippen LogP) is 0.501. The minimum atomic E-state index is 0.102. The average Bonchev–Trinajstić information content (AvgIpc) is 2.16. The molecule has 1 aliphatic rings. The molecule has 0 bridgehead atoms. The first kappa shape index (κ1) is 11.5. The van der Waals surface area contributed by atoms with E-state index in [0.717, 1.165) is 12.8 Å². The molecule has 0 aromatic rings. The van der Waals surface area contributed by atoms with Gasteiger partial charge in [0.1, 0.15) is 0 Å². The van der Waals surface area contributed by atoms with E-state index in [9.17, 15) is 4.79 Å². The van der Waals surface area contributed by atoms with Crippen LogP contribution in [-0.2, 0) is 4.79 Å². The summed E-state index contributed by atoms with van der Waals surface area (Å²) < 4.78 is 0. The van der Waals surface area contributed by atoms with Gasteiger partial charge < -0.3 is 5.32 Å². The fourth-order valence-corrected chi connectivity index (χ4v) is 1.76. The molecule has 2 N–H and O–H groups in total. The zero-order valence-electron chi connectivity index (χ0n) is 9.18. The van der Waals surface area contributed by atoms with E-state index in [4.69, 9.17) is 0 Å². The van der Waals surface area contributed by atoms with Crippen molar-refractivity contribution in [2.45, 2.75) is 38.1 Å². The van der Waals surface area contributed by atoms with Crippen molar-refractivity contribution in [3.8, 4) is 0 Å². The summed E-state index contributed by atoms with van der Waals surface area (Å²) in [6.07, 6.45) is 6.13. The second kappa shape index (κ2) is 5.98. The van der Waals surface area contributed by atoms with Gasteiger partial charge in [-0.1, -0.05) is 19.3 Å². The fourth-order valence-electron chi connectivity index (χ4n) is 1.76. The minimum Gasteiger partial charge on any atom is -0.352 e. The highest BCUT2D eigenvalue weighted by atomic mass is 16.2. The molecule has 0 saturated heterocycles. The molecule has 1 rings (SSSR count). The Kier molecular flexibility index (Phi) is 4.90. The summed E-state index contributed by atoms with van der Waals surface area (Å²) in [5, 5.41) is 4.84. The van der Waals surface area contributed by atoms with Crippen LogP contribution in [0, 0.1) is 0 Å². The first-order valence-electron chi connectivity index (χ1n) is 5.38. The Morgan fingerprint density at radius 2 is 1.93 bits per heavy atom. The van der Waals surface area contributed by atoms with Crippen LogP contribution < -0.4 is 10.7 Å². The highest BCUT2D eigenvalue weighted by Gasteiger charge is 2.15. The van der Waals surface area contributed by atoms with Gasteiger partial charge in [0.2, 0.25) is 5.91 Å². The lowest BCUT2D eigenvalue weighted by molar-refractivity contribution is -0.121. The van der Waals surface area contributed by atoms with Crippen molar-refractivity contribution < 1.29 is 4.79 Å². The summed E-state index contributed by atoms with van der Waals surface area (Å²) >= 11 is 0. The van der Waals surface area contributed by atoms with Crippen LogP contribution in [0.3, 0.4) is 0 Å². The van der Waals surface area contributed by atoms with Gasteiger partial charge in [-0.25, -0.2) is 5.43 Å². The molecule has 0 atom stereocenters. The van der Waals surface area contributed by atoms with Crippen molar-refractivity contribution in [2.75, 3.05) is 20.6 Å². The second-order valence-electron chi connectivity index (χ2n) is 4.13. The monoisotopic (exact) mass is 199 g/mol. The van der Waals surface area contributed by atoms with Crippen molar-refractivity contribution in [2.24, 2.45) is 0 Å². The Balaban J connectivity index is 2.12. The number of hydrazine groups is 1. The predicted molar refractivity (Wildman–Crippen MR) is 56.7 cm³/mol. The van der Waals surface area contributed by atoms with Crippen molar-refractivity contribution >= 4 is 5.91 Å². The Bertz CT molecular complexity index is 176. The Labute approximate surface area is 86.0 Å². The average molecular weight is 199 g/mol. The zero-order chi connectivity index (χ0) is 10.4. The van der Waals surface area contributed by atoms with Crippen LogP contribution in [0.2, 0.25) is 0 Å². The number of rotatable bonds is 4. The van der Waals surface area contributed by atoms with E-state index in [2.05, 4.69) is 10.7 Å². The Morgan fingerprint density at radius 1 is 1.29 bits per heavy atom. The lowest BCUT2D eigenvalue weighted by Gasteiger charge is -2.23. The number of carbonyl (C=O) groups is 1. The SMILES string of the molecule is CN(C)NCC(=O)NC1CCCCC1. The minimum absolute atomic E-state index is 0.102. The molecule has 0 unspecified atom stereocenters. The van der Waals surface area contributed by atoms with Crippen LogP contribution in [0.1, 0.15) is 32.1 Å². The molecule has 4 heteroatoms. The van der Waals surface area contributed by atoms with Crippen LogP contribution in [0.4, 0.5) is 0 Å². The fraction of sp³-hybridized carbons (Fsp3) is 0.900. The van der Waals surface area contributed by atoms with Crippen molar-refractivity contribution in [3.63, 3.8) is 0 Å². The third kappa shape index (κ3) is 4.58. The molecule has 0 spiro atoms. The first-order chi connectivity index (χ1) is 6.68. The van der Waals surface area contributed by atoms with Crippen LogP contribution >= 0.6 is 0 Å². The summed E-state index contributed by atoms with van der Waals surface area (Å²) in [4.78, 5) is 11.4. The third-order valence-corrected chi connectivity index (χ3v) is 2.53. The van der Waals surface area contributed by atoms with Gasteiger partial charge >= 0.3 is 0 Å². The maximum Gasteiger partial charge on any atom is 0.235 e. The number of nitrogens with zero attached hydrogens (tertiary/aromatic N) is 1. The first-order valence-corrected chi connectivity index (χ1v) is 5.38. The molecule has 0 aromatic carbocycles. The molecular weight excluding hydrogens is 178 g/mol. The van der Waals surface area contributed by atoms with E-state index < -0.39 is 0 Å². The Hall–Kier alpha value is -0.610. The zero-order valence-corrected chi connectivity index (χ0v) is 9.18. The molecule has 1 aliphatic carbocycles. The van der Waals surface area contributed by atoms with E-state index in [0.29, 0.717) is 12.6 Å². The van der Waals surface area contributed by atoms with E-state index in [1.807, 2.05) is 14.1 Å². The van der Waals surface area contributed by atoms with Gasteiger partial charge in [0.05, 0.1) is 6.54 Å². The second-order valence-corrected chi connectivity index (χ2v) is 4.13. The topological polar surface area (TPSA) is 44.4 Å². The maximum absolute atomic E-state index is 11.4. The maximum atomic E-state index is 11.4. The van der Waals surface area contributed by atoms with Gasteiger partial charge in [-0.15, -0.1) is 0 Å². The third-order valence-electron chi connectivity index (χ3n) is 2.53. The lowest BCUT2D eigenvalue weighted by atomic mass is 9.95.